The maximum atomic E-state index is 12.5. The van der Waals surface area contributed by atoms with E-state index in [1.807, 2.05) is 30.3 Å². The number of esters is 1. The van der Waals surface area contributed by atoms with E-state index >= 15 is 0 Å². The van der Waals surface area contributed by atoms with Crippen LogP contribution in [-0.4, -0.2) is 36.1 Å². The Morgan fingerprint density at radius 3 is 2.76 bits per heavy atom. The van der Waals surface area contributed by atoms with Crippen LogP contribution in [0, 0.1) is 10.1 Å². The largest absolute Gasteiger partial charge is 0.455 e. The van der Waals surface area contributed by atoms with Crippen LogP contribution in [0.2, 0.25) is 0 Å². The van der Waals surface area contributed by atoms with Gasteiger partial charge in [-0.25, -0.2) is 9.78 Å². The van der Waals surface area contributed by atoms with Crippen molar-refractivity contribution < 1.29 is 23.6 Å². The maximum Gasteiger partial charge on any atom is 0.340 e. The predicted molar refractivity (Wildman–Crippen MR) is 105 cm³/mol. The third-order valence-corrected chi connectivity index (χ3v) is 3.98. The molecule has 0 aliphatic rings. The summed E-state index contributed by atoms with van der Waals surface area (Å²) in [5.41, 5.74) is 1.50. The molecule has 0 amide bonds. The van der Waals surface area contributed by atoms with Gasteiger partial charge in [0, 0.05) is 37.0 Å². The van der Waals surface area contributed by atoms with E-state index in [0.29, 0.717) is 30.4 Å². The Kier molecular flexibility index (Phi) is 6.54. The molecule has 2 aromatic carbocycles. The lowest BCUT2D eigenvalue weighted by Gasteiger charge is -2.11. The van der Waals surface area contributed by atoms with Gasteiger partial charge in [-0.15, -0.1) is 0 Å². The van der Waals surface area contributed by atoms with E-state index in [9.17, 15) is 14.9 Å². The maximum absolute atomic E-state index is 12.5. The van der Waals surface area contributed by atoms with Gasteiger partial charge in [-0.3, -0.25) is 10.1 Å². The van der Waals surface area contributed by atoms with Crippen LogP contribution in [0.15, 0.2) is 59.2 Å². The molecule has 9 nitrogen and oxygen atoms in total. The third-order valence-electron chi connectivity index (χ3n) is 3.98. The van der Waals surface area contributed by atoms with E-state index in [1.54, 1.807) is 7.11 Å². The Bertz CT molecular complexity index is 987. The summed E-state index contributed by atoms with van der Waals surface area (Å²) in [6, 6.07) is 13.3. The van der Waals surface area contributed by atoms with Crippen molar-refractivity contribution >= 4 is 17.3 Å². The number of nitro benzene ring substituents is 1. The number of ether oxygens (including phenoxy) is 2. The second kappa shape index (κ2) is 9.47. The van der Waals surface area contributed by atoms with Gasteiger partial charge in [-0.1, -0.05) is 18.2 Å². The van der Waals surface area contributed by atoms with E-state index in [2.05, 4.69) is 10.3 Å². The highest BCUT2D eigenvalue weighted by molar-refractivity contribution is 5.96. The van der Waals surface area contributed by atoms with Crippen LogP contribution >= 0.6 is 0 Å². The lowest BCUT2D eigenvalue weighted by atomic mass is 10.1. The van der Waals surface area contributed by atoms with E-state index in [-0.39, 0.29) is 17.9 Å². The molecule has 29 heavy (non-hydrogen) atoms. The smallest absolute Gasteiger partial charge is 0.340 e. The molecule has 1 aromatic heterocycles. The quantitative estimate of drug-likeness (QED) is 0.252. The Labute approximate surface area is 166 Å². The number of anilines is 1. The van der Waals surface area contributed by atoms with Crippen molar-refractivity contribution in [2.24, 2.45) is 0 Å². The summed E-state index contributed by atoms with van der Waals surface area (Å²) in [5, 5.41) is 14.1. The van der Waals surface area contributed by atoms with Crippen molar-refractivity contribution in [2.45, 2.75) is 6.61 Å². The number of benzene rings is 2. The van der Waals surface area contributed by atoms with Gasteiger partial charge in [0.2, 0.25) is 5.89 Å². The Morgan fingerprint density at radius 1 is 1.24 bits per heavy atom. The van der Waals surface area contributed by atoms with Gasteiger partial charge in [0.25, 0.3) is 5.69 Å². The number of methoxy groups -OCH3 is 1. The molecule has 0 radical (unpaired) electrons. The van der Waals surface area contributed by atoms with Crippen molar-refractivity contribution in [2.75, 3.05) is 25.6 Å². The molecule has 0 bridgehead atoms. The summed E-state index contributed by atoms with van der Waals surface area (Å²) in [5.74, 6) is -0.299. The molecular weight excluding hydrogens is 378 g/mol. The van der Waals surface area contributed by atoms with Gasteiger partial charge in [-0.2, -0.15) is 0 Å². The summed E-state index contributed by atoms with van der Waals surface area (Å²) in [6.07, 6.45) is 1.40. The van der Waals surface area contributed by atoms with Crippen molar-refractivity contribution in [1.29, 1.82) is 0 Å². The minimum absolute atomic E-state index is 0.0575. The lowest BCUT2D eigenvalue weighted by molar-refractivity contribution is -0.384. The molecule has 150 valence electrons. The fourth-order valence-corrected chi connectivity index (χ4v) is 2.56. The SMILES string of the molecule is COCCNc1ccc([N+](=O)[O-])cc1C(=O)OCc1coc(-c2ccccc2)n1. The lowest BCUT2D eigenvalue weighted by Crippen LogP contribution is -2.13. The molecule has 1 heterocycles. The molecule has 0 spiro atoms. The van der Waals surface area contributed by atoms with E-state index < -0.39 is 10.9 Å². The zero-order valence-corrected chi connectivity index (χ0v) is 15.7. The number of carbonyl (C=O) groups is 1. The van der Waals surface area contributed by atoms with Crippen LogP contribution in [0.1, 0.15) is 16.1 Å². The summed E-state index contributed by atoms with van der Waals surface area (Å²) < 4.78 is 15.7. The molecule has 3 rings (SSSR count). The zero-order valence-electron chi connectivity index (χ0n) is 15.7. The number of non-ortho nitro benzene ring substituents is 1. The van der Waals surface area contributed by atoms with Gasteiger partial charge < -0.3 is 19.2 Å². The minimum Gasteiger partial charge on any atom is -0.455 e. The second-order valence-electron chi connectivity index (χ2n) is 5.99. The van der Waals surface area contributed by atoms with E-state index in [1.165, 1.54) is 24.5 Å². The molecule has 0 aliphatic heterocycles. The van der Waals surface area contributed by atoms with Crippen molar-refractivity contribution in [1.82, 2.24) is 4.98 Å². The van der Waals surface area contributed by atoms with E-state index in [0.717, 1.165) is 5.56 Å². The molecule has 0 fully saturated rings. The average Bonchev–Trinajstić information content (AvgIpc) is 3.22. The fourth-order valence-electron chi connectivity index (χ4n) is 2.56. The highest BCUT2D eigenvalue weighted by Crippen LogP contribution is 2.24. The average molecular weight is 397 g/mol. The van der Waals surface area contributed by atoms with E-state index in [4.69, 9.17) is 13.9 Å². The van der Waals surface area contributed by atoms with Gasteiger partial charge in [-0.05, 0) is 18.2 Å². The third kappa shape index (κ3) is 5.17. The summed E-state index contributed by atoms with van der Waals surface area (Å²) in [7, 11) is 1.55. The Balaban J connectivity index is 1.71. The number of hydrogen-bond acceptors (Lipinski definition) is 8. The number of nitrogens with zero attached hydrogens (tertiary/aromatic N) is 2. The fraction of sp³-hybridized carbons (Fsp3) is 0.200. The number of carbonyl (C=O) groups excluding carboxylic acids is 1. The normalized spacial score (nSPS) is 10.5. The molecule has 0 atom stereocenters. The van der Waals surface area contributed by atoms with Crippen LogP contribution in [0.4, 0.5) is 11.4 Å². The van der Waals surface area contributed by atoms with Crippen LogP contribution < -0.4 is 5.32 Å². The molecule has 0 saturated heterocycles. The van der Waals surface area contributed by atoms with Gasteiger partial charge in [0.15, 0.2) is 0 Å². The van der Waals surface area contributed by atoms with Gasteiger partial charge >= 0.3 is 5.97 Å². The summed E-state index contributed by atoms with van der Waals surface area (Å²) in [4.78, 5) is 27.3. The molecule has 1 N–H and O–H groups in total. The molecule has 3 aromatic rings. The van der Waals surface area contributed by atoms with Crippen molar-refractivity contribution in [3.63, 3.8) is 0 Å². The van der Waals surface area contributed by atoms with Crippen LogP contribution in [-0.2, 0) is 16.1 Å². The van der Waals surface area contributed by atoms with Crippen molar-refractivity contribution in [3.05, 3.63) is 76.2 Å². The summed E-state index contributed by atoms with van der Waals surface area (Å²) in [6.45, 7) is 0.709. The Morgan fingerprint density at radius 2 is 2.03 bits per heavy atom. The Hall–Kier alpha value is -3.72. The zero-order chi connectivity index (χ0) is 20.6. The number of oxazole rings is 1. The number of rotatable bonds is 9. The first-order valence-electron chi connectivity index (χ1n) is 8.76. The molecular formula is C20H19N3O6. The van der Waals surface area contributed by atoms with Gasteiger partial charge in [0.1, 0.15) is 18.6 Å². The number of nitro groups is 1. The highest BCUT2D eigenvalue weighted by atomic mass is 16.6. The monoisotopic (exact) mass is 397 g/mol. The first-order chi connectivity index (χ1) is 14.1. The number of aromatic nitrogens is 1. The molecule has 0 aliphatic carbocycles. The molecule has 0 unspecified atom stereocenters. The highest BCUT2D eigenvalue weighted by Gasteiger charge is 2.19. The van der Waals surface area contributed by atoms with Crippen LogP contribution in [0.25, 0.3) is 11.5 Å². The molecule has 0 saturated carbocycles. The van der Waals surface area contributed by atoms with Crippen LogP contribution in [0.3, 0.4) is 0 Å². The topological polar surface area (TPSA) is 117 Å². The standard InChI is InChI=1S/C20H19N3O6/c1-27-10-9-21-18-8-7-16(23(25)26)11-17(18)20(24)29-13-15-12-28-19(22-15)14-5-3-2-4-6-14/h2-8,11-12,21H,9-10,13H2,1H3. The molecule has 9 heteroatoms. The number of nitrogens with one attached hydrogen (secondary N) is 1. The predicted octanol–water partition coefficient (Wildman–Crippen LogP) is 3.67. The van der Waals surface area contributed by atoms with Crippen LogP contribution in [0.5, 0.6) is 0 Å². The first kappa shape index (κ1) is 20.0. The van der Waals surface area contributed by atoms with Gasteiger partial charge in [0.05, 0.1) is 17.1 Å². The summed E-state index contributed by atoms with van der Waals surface area (Å²) >= 11 is 0. The number of hydrogen-bond donors (Lipinski definition) is 1. The van der Waals surface area contributed by atoms with Crippen molar-refractivity contribution in [3.8, 4) is 11.5 Å². The first-order valence-corrected chi connectivity index (χ1v) is 8.76. The minimum atomic E-state index is -0.710. The second-order valence-corrected chi connectivity index (χ2v) is 5.99.